The zero-order valence-electron chi connectivity index (χ0n) is 11.7. The molecule has 1 aliphatic rings. The number of ether oxygens (including phenoxy) is 1. The van der Waals surface area contributed by atoms with Gasteiger partial charge in [0.05, 0.1) is 13.2 Å². The summed E-state index contributed by atoms with van der Waals surface area (Å²) in [5.41, 5.74) is 5.68. The molecule has 3 rings (SSSR count). The molecule has 1 aromatic carbocycles. The second kappa shape index (κ2) is 3.86. The van der Waals surface area contributed by atoms with Gasteiger partial charge in [0.1, 0.15) is 0 Å². The quantitative estimate of drug-likeness (QED) is 0.687. The highest BCUT2D eigenvalue weighted by atomic mass is 16.5. The van der Waals surface area contributed by atoms with Crippen molar-refractivity contribution in [3.63, 3.8) is 0 Å². The zero-order chi connectivity index (χ0) is 12.9. The van der Waals surface area contributed by atoms with Gasteiger partial charge in [-0.2, -0.15) is 0 Å². The molecule has 0 saturated heterocycles. The predicted molar refractivity (Wildman–Crippen MR) is 75.0 cm³/mol. The van der Waals surface area contributed by atoms with E-state index in [1.807, 2.05) is 0 Å². The van der Waals surface area contributed by atoms with Gasteiger partial charge in [-0.1, -0.05) is 32.4 Å². The van der Waals surface area contributed by atoms with Crippen molar-refractivity contribution in [1.29, 1.82) is 0 Å². The van der Waals surface area contributed by atoms with Gasteiger partial charge >= 0.3 is 0 Å². The topological polar surface area (TPSA) is 14.2 Å². The summed E-state index contributed by atoms with van der Waals surface area (Å²) in [6.07, 6.45) is 0. The molecule has 2 nitrogen and oxygen atoms in total. The van der Waals surface area contributed by atoms with E-state index in [1.165, 1.54) is 27.7 Å². The summed E-state index contributed by atoms with van der Waals surface area (Å²) >= 11 is 0. The zero-order valence-corrected chi connectivity index (χ0v) is 11.7. The van der Waals surface area contributed by atoms with Crippen LogP contribution in [0.4, 0.5) is 0 Å². The first-order valence-electron chi connectivity index (χ1n) is 6.68. The molecule has 0 saturated carbocycles. The first kappa shape index (κ1) is 11.8. The van der Waals surface area contributed by atoms with Crippen LogP contribution in [0.5, 0.6) is 0 Å². The van der Waals surface area contributed by atoms with Gasteiger partial charge in [-0.3, -0.25) is 0 Å². The smallest absolute Gasteiger partial charge is 0.0872 e. The molecule has 0 unspecified atom stereocenters. The Labute approximate surface area is 109 Å². The van der Waals surface area contributed by atoms with Gasteiger partial charge in [0.25, 0.3) is 0 Å². The van der Waals surface area contributed by atoms with Crippen LogP contribution in [-0.4, -0.2) is 11.2 Å². The number of rotatable bonds is 0. The molecule has 0 spiro atoms. The van der Waals surface area contributed by atoms with Crippen LogP contribution >= 0.6 is 0 Å². The van der Waals surface area contributed by atoms with Gasteiger partial charge < -0.3 is 9.30 Å². The summed E-state index contributed by atoms with van der Waals surface area (Å²) in [4.78, 5) is 0. The number of benzene rings is 1. The average Bonchev–Trinajstić information content (AvgIpc) is 2.61. The fourth-order valence-corrected chi connectivity index (χ4v) is 3.09. The SMILES string of the molecule is Cc1ccc2c(c1)c(C(C)(C)C)c1n2CCOC1. The third-order valence-corrected chi connectivity index (χ3v) is 3.77. The summed E-state index contributed by atoms with van der Waals surface area (Å²) in [5, 5.41) is 1.41. The van der Waals surface area contributed by atoms with Crippen molar-refractivity contribution < 1.29 is 4.74 Å². The minimum atomic E-state index is 0.160. The number of hydrogen-bond acceptors (Lipinski definition) is 1. The Balaban J connectivity index is 2.41. The van der Waals surface area contributed by atoms with Crippen molar-refractivity contribution >= 4 is 10.9 Å². The van der Waals surface area contributed by atoms with E-state index in [0.29, 0.717) is 0 Å². The molecule has 0 aliphatic carbocycles. The van der Waals surface area contributed by atoms with Crippen LogP contribution in [0, 0.1) is 6.92 Å². The third-order valence-electron chi connectivity index (χ3n) is 3.77. The van der Waals surface area contributed by atoms with E-state index in [0.717, 1.165) is 19.8 Å². The molecule has 1 aliphatic heterocycles. The number of aromatic nitrogens is 1. The van der Waals surface area contributed by atoms with Crippen molar-refractivity contribution in [2.45, 2.75) is 46.3 Å². The fraction of sp³-hybridized carbons (Fsp3) is 0.500. The second-order valence-corrected chi connectivity index (χ2v) is 6.30. The molecule has 1 aromatic heterocycles. The van der Waals surface area contributed by atoms with Crippen LogP contribution in [0.15, 0.2) is 18.2 Å². The van der Waals surface area contributed by atoms with Crippen LogP contribution in [0.3, 0.4) is 0 Å². The van der Waals surface area contributed by atoms with E-state index >= 15 is 0 Å². The fourth-order valence-electron chi connectivity index (χ4n) is 3.09. The Hall–Kier alpha value is -1.28. The summed E-state index contributed by atoms with van der Waals surface area (Å²) in [7, 11) is 0. The largest absolute Gasteiger partial charge is 0.373 e. The molecule has 0 N–H and O–H groups in total. The molecule has 18 heavy (non-hydrogen) atoms. The molecule has 0 radical (unpaired) electrons. The summed E-state index contributed by atoms with van der Waals surface area (Å²) in [6, 6.07) is 6.79. The van der Waals surface area contributed by atoms with Crippen molar-refractivity contribution in [3.8, 4) is 0 Å². The van der Waals surface area contributed by atoms with E-state index in [9.17, 15) is 0 Å². The van der Waals surface area contributed by atoms with Gasteiger partial charge in [-0.25, -0.2) is 0 Å². The number of aryl methyl sites for hydroxylation is 1. The summed E-state index contributed by atoms with van der Waals surface area (Å²) in [6.45, 7) is 11.6. The average molecular weight is 243 g/mol. The molecule has 96 valence electrons. The van der Waals surface area contributed by atoms with Crippen LogP contribution in [0.2, 0.25) is 0 Å². The van der Waals surface area contributed by atoms with Gasteiger partial charge in [-0.05, 0) is 30.0 Å². The van der Waals surface area contributed by atoms with Crippen molar-refractivity contribution in [3.05, 3.63) is 35.0 Å². The maximum Gasteiger partial charge on any atom is 0.0872 e. The van der Waals surface area contributed by atoms with Gasteiger partial charge in [0.15, 0.2) is 0 Å². The highest BCUT2D eigenvalue weighted by Crippen LogP contribution is 2.37. The maximum atomic E-state index is 5.67. The molecule has 0 atom stereocenters. The maximum absolute atomic E-state index is 5.67. The molecular weight excluding hydrogens is 222 g/mol. The number of hydrogen-bond donors (Lipinski definition) is 0. The van der Waals surface area contributed by atoms with Crippen LogP contribution in [0.1, 0.15) is 37.6 Å². The lowest BCUT2D eigenvalue weighted by atomic mass is 9.84. The van der Waals surface area contributed by atoms with E-state index in [-0.39, 0.29) is 5.41 Å². The Bertz CT molecular complexity index is 602. The van der Waals surface area contributed by atoms with Crippen LogP contribution in [0.25, 0.3) is 10.9 Å². The lowest BCUT2D eigenvalue weighted by molar-refractivity contribution is 0.0850. The highest BCUT2D eigenvalue weighted by Gasteiger charge is 2.27. The van der Waals surface area contributed by atoms with E-state index in [2.05, 4.69) is 50.5 Å². The van der Waals surface area contributed by atoms with Crippen molar-refractivity contribution in [2.75, 3.05) is 6.61 Å². The molecular formula is C16H21NO. The number of nitrogens with zero attached hydrogens (tertiary/aromatic N) is 1. The molecule has 2 aromatic rings. The lowest BCUT2D eigenvalue weighted by Crippen LogP contribution is -2.20. The lowest BCUT2D eigenvalue weighted by Gasteiger charge is -2.24. The highest BCUT2D eigenvalue weighted by molar-refractivity contribution is 5.87. The van der Waals surface area contributed by atoms with Crippen LogP contribution in [-0.2, 0) is 23.3 Å². The van der Waals surface area contributed by atoms with Gasteiger partial charge in [0.2, 0.25) is 0 Å². The monoisotopic (exact) mass is 243 g/mol. The van der Waals surface area contributed by atoms with Gasteiger partial charge in [0, 0.05) is 23.1 Å². The van der Waals surface area contributed by atoms with Gasteiger partial charge in [-0.15, -0.1) is 0 Å². The second-order valence-electron chi connectivity index (χ2n) is 6.30. The Morgan fingerprint density at radius 1 is 1.22 bits per heavy atom. The van der Waals surface area contributed by atoms with E-state index in [4.69, 9.17) is 4.74 Å². The molecule has 0 amide bonds. The first-order valence-corrected chi connectivity index (χ1v) is 6.68. The van der Waals surface area contributed by atoms with E-state index < -0.39 is 0 Å². The number of fused-ring (bicyclic) bond motifs is 3. The minimum Gasteiger partial charge on any atom is -0.373 e. The van der Waals surface area contributed by atoms with E-state index in [1.54, 1.807) is 0 Å². The third kappa shape index (κ3) is 1.67. The van der Waals surface area contributed by atoms with Crippen molar-refractivity contribution in [1.82, 2.24) is 4.57 Å². The summed E-state index contributed by atoms with van der Waals surface area (Å²) in [5.74, 6) is 0. The molecule has 2 heteroatoms. The minimum absolute atomic E-state index is 0.160. The van der Waals surface area contributed by atoms with Crippen LogP contribution < -0.4 is 0 Å². The normalized spacial score (nSPS) is 16.0. The summed E-state index contributed by atoms with van der Waals surface area (Å²) < 4.78 is 8.11. The Morgan fingerprint density at radius 2 is 2.00 bits per heavy atom. The Morgan fingerprint density at radius 3 is 2.72 bits per heavy atom. The molecule has 0 bridgehead atoms. The first-order chi connectivity index (χ1) is 8.48. The predicted octanol–water partition coefficient (Wildman–Crippen LogP) is 3.78. The molecule has 2 heterocycles. The Kier molecular flexibility index (Phi) is 2.53. The standard InChI is InChI=1S/C16H21NO/c1-11-5-6-13-12(9-11)15(16(2,3)4)14-10-18-8-7-17(13)14/h5-6,9H,7-8,10H2,1-4H3. The molecule has 0 fully saturated rings. The van der Waals surface area contributed by atoms with Crippen molar-refractivity contribution in [2.24, 2.45) is 0 Å².